The van der Waals surface area contributed by atoms with Gasteiger partial charge in [-0.1, -0.05) is 19.3 Å². The fraction of sp³-hybridized carbons (Fsp3) is 0.583. The van der Waals surface area contributed by atoms with E-state index in [1.54, 1.807) is 18.3 Å². The molecule has 0 amide bonds. The number of rotatable bonds is 4. The lowest BCUT2D eigenvalue weighted by Gasteiger charge is -2.21. The first-order valence-electron chi connectivity index (χ1n) is 6.18. The lowest BCUT2D eigenvalue weighted by Crippen LogP contribution is -2.24. The number of anilines is 1. The summed E-state index contributed by atoms with van der Waals surface area (Å²) in [7, 11) is -3.30. The van der Waals surface area contributed by atoms with E-state index in [2.05, 4.69) is 25.6 Å². The maximum Gasteiger partial charge on any atom is 0.234 e. The standard InChI is InChI=1S/C12H17BrN2O2S/c13-11-7-4-8-14-12(11)15-18(16,17)9-10-5-2-1-3-6-10/h4,7-8,10H,1-3,5-6,9H2,(H,14,15). The van der Waals surface area contributed by atoms with Crippen molar-refractivity contribution in [3.8, 4) is 0 Å². The predicted molar refractivity (Wildman–Crippen MR) is 75.9 cm³/mol. The molecule has 0 saturated heterocycles. The molecule has 4 nitrogen and oxygen atoms in total. The molecule has 1 aliphatic rings. The van der Waals surface area contributed by atoms with Gasteiger partial charge in [0.2, 0.25) is 10.0 Å². The summed E-state index contributed by atoms with van der Waals surface area (Å²) in [4.78, 5) is 4.02. The van der Waals surface area contributed by atoms with E-state index < -0.39 is 10.0 Å². The second-order valence-electron chi connectivity index (χ2n) is 4.72. The van der Waals surface area contributed by atoms with Crippen molar-refractivity contribution in [3.63, 3.8) is 0 Å². The van der Waals surface area contributed by atoms with Gasteiger partial charge in [0.15, 0.2) is 5.82 Å². The molecule has 100 valence electrons. The van der Waals surface area contributed by atoms with Crippen LogP contribution in [0.15, 0.2) is 22.8 Å². The molecule has 1 heterocycles. The van der Waals surface area contributed by atoms with Crippen LogP contribution in [0, 0.1) is 5.92 Å². The maximum atomic E-state index is 12.0. The van der Waals surface area contributed by atoms with Gasteiger partial charge in [-0.15, -0.1) is 0 Å². The van der Waals surface area contributed by atoms with Crippen LogP contribution in [0.3, 0.4) is 0 Å². The summed E-state index contributed by atoms with van der Waals surface area (Å²) in [6.07, 6.45) is 7.13. The van der Waals surface area contributed by atoms with Gasteiger partial charge in [0, 0.05) is 6.20 Å². The number of hydrogen-bond acceptors (Lipinski definition) is 3. The van der Waals surface area contributed by atoms with Gasteiger partial charge >= 0.3 is 0 Å². The molecule has 0 bridgehead atoms. The molecule has 0 radical (unpaired) electrons. The lowest BCUT2D eigenvalue weighted by molar-refractivity contribution is 0.385. The third-order valence-electron chi connectivity index (χ3n) is 3.19. The molecule has 1 saturated carbocycles. The van der Waals surface area contributed by atoms with E-state index in [0.717, 1.165) is 25.7 Å². The SMILES string of the molecule is O=S(=O)(CC1CCCCC1)Nc1ncccc1Br. The quantitative estimate of drug-likeness (QED) is 0.921. The molecule has 0 aromatic carbocycles. The van der Waals surface area contributed by atoms with Crippen molar-refractivity contribution < 1.29 is 8.42 Å². The monoisotopic (exact) mass is 332 g/mol. The first-order chi connectivity index (χ1) is 8.57. The summed E-state index contributed by atoms with van der Waals surface area (Å²) >= 11 is 3.28. The molecule has 1 N–H and O–H groups in total. The second-order valence-corrected chi connectivity index (χ2v) is 7.34. The van der Waals surface area contributed by atoms with Gasteiger partial charge < -0.3 is 0 Å². The Bertz CT molecular complexity index is 499. The number of nitrogens with one attached hydrogen (secondary N) is 1. The van der Waals surface area contributed by atoms with Gasteiger partial charge in [-0.05, 0) is 46.8 Å². The van der Waals surface area contributed by atoms with Crippen LogP contribution in [-0.4, -0.2) is 19.2 Å². The second kappa shape index (κ2) is 6.02. The summed E-state index contributed by atoms with van der Waals surface area (Å²) in [5.74, 6) is 0.864. The molecule has 2 rings (SSSR count). The third kappa shape index (κ3) is 3.95. The highest BCUT2D eigenvalue weighted by Gasteiger charge is 2.22. The minimum atomic E-state index is -3.30. The normalized spacial score (nSPS) is 17.6. The van der Waals surface area contributed by atoms with Crippen LogP contribution in [0.4, 0.5) is 5.82 Å². The van der Waals surface area contributed by atoms with Crippen LogP contribution in [0.5, 0.6) is 0 Å². The Morgan fingerprint density at radius 3 is 2.72 bits per heavy atom. The molecule has 1 fully saturated rings. The zero-order valence-corrected chi connectivity index (χ0v) is 12.5. The number of pyridine rings is 1. The third-order valence-corrected chi connectivity index (χ3v) is 5.25. The van der Waals surface area contributed by atoms with Crippen LogP contribution >= 0.6 is 15.9 Å². The van der Waals surface area contributed by atoms with E-state index in [0.29, 0.717) is 16.2 Å². The average molecular weight is 333 g/mol. The van der Waals surface area contributed by atoms with E-state index in [-0.39, 0.29) is 5.75 Å². The number of nitrogens with zero attached hydrogens (tertiary/aromatic N) is 1. The number of sulfonamides is 1. The van der Waals surface area contributed by atoms with Crippen LogP contribution in [-0.2, 0) is 10.0 Å². The first kappa shape index (κ1) is 13.8. The molecular weight excluding hydrogens is 316 g/mol. The minimum absolute atomic E-state index is 0.204. The van der Waals surface area contributed by atoms with Crippen LogP contribution in [0.25, 0.3) is 0 Å². The minimum Gasteiger partial charge on any atom is -0.266 e. The molecule has 18 heavy (non-hydrogen) atoms. The summed E-state index contributed by atoms with van der Waals surface area (Å²) in [5.41, 5.74) is 0. The lowest BCUT2D eigenvalue weighted by atomic mass is 9.91. The van der Waals surface area contributed by atoms with E-state index in [1.807, 2.05) is 0 Å². The van der Waals surface area contributed by atoms with Gasteiger partial charge in [0.05, 0.1) is 10.2 Å². The van der Waals surface area contributed by atoms with Crippen molar-refractivity contribution in [1.29, 1.82) is 0 Å². The summed E-state index contributed by atoms with van der Waals surface area (Å²) in [6.45, 7) is 0. The fourth-order valence-corrected chi connectivity index (χ4v) is 4.29. The molecule has 6 heteroatoms. The predicted octanol–water partition coefficient (Wildman–Crippen LogP) is 3.17. The molecule has 1 aromatic rings. The van der Waals surface area contributed by atoms with Crippen LogP contribution in [0.2, 0.25) is 0 Å². The van der Waals surface area contributed by atoms with Crippen LogP contribution < -0.4 is 4.72 Å². The van der Waals surface area contributed by atoms with Gasteiger partial charge in [0.1, 0.15) is 0 Å². The smallest absolute Gasteiger partial charge is 0.234 e. The van der Waals surface area contributed by atoms with Gasteiger partial charge in [-0.25, -0.2) is 13.4 Å². The van der Waals surface area contributed by atoms with Crippen molar-refractivity contribution >= 4 is 31.8 Å². The fourth-order valence-electron chi connectivity index (χ4n) is 2.31. The Morgan fingerprint density at radius 2 is 2.06 bits per heavy atom. The molecule has 0 unspecified atom stereocenters. The zero-order chi connectivity index (χ0) is 13.0. The van der Waals surface area contributed by atoms with Crippen molar-refractivity contribution in [2.75, 3.05) is 10.5 Å². The van der Waals surface area contributed by atoms with E-state index in [1.165, 1.54) is 6.42 Å². The van der Waals surface area contributed by atoms with Crippen molar-refractivity contribution in [3.05, 3.63) is 22.8 Å². The average Bonchev–Trinajstić information content (AvgIpc) is 2.32. The highest BCUT2D eigenvalue weighted by molar-refractivity contribution is 9.10. The molecule has 1 aliphatic carbocycles. The van der Waals surface area contributed by atoms with E-state index in [9.17, 15) is 8.42 Å². The number of hydrogen-bond donors (Lipinski definition) is 1. The highest BCUT2D eigenvalue weighted by Crippen LogP contribution is 2.26. The summed E-state index contributed by atoms with van der Waals surface area (Å²) < 4.78 is 27.3. The molecule has 1 aromatic heterocycles. The Morgan fingerprint density at radius 1 is 1.33 bits per heavy atom. The van der Waals surface area contributed by atoms with Gasteiger partial charge in [-0.2, -0.15) is 0 Å². The van der Waals surface area contributed by atoms with Crippen molar-refractivity contribution in [2.45, 2.75) is 32.1 Å². The van der Waals surface area contributed by atoms with Crippen molar-refractivity contribution in [1.82, 2.24) is 4.98 Å². The Hall–Kier alpha value is -0.620. The molecule has 0 spiro atoms. The van der Waals surface area contributed by atoms with Crippen LogP contribution in [0.1, 0.15) is 32.1 Å². The Kier molecular flexibility index (Phi) is 4.61. The first-order valence-corrected chi connectivity index (χ1v) is 8.62. The largest absolute Gasteiger partial charge is 0.266 e. The summed E-state index contributed by atoms with van der Waals surface area (Å²) in [6, 6.07) is 3.52. The molecule has 0 atom stereocenters. The number of halogens is 1. The topological polar surface area (TPSA) is 59.1 Å². The van der Waals surface area contributed by atoms with Crippen molar-refractivity contribution in [2.24, 2.45) is 5.92 Å². The highest BCUT2D eigenvalue weighted by atomic mass is 79.9. The van der Waals surface area contributed by atoms with Gasteiger partial charge in [0.25, 0.3) is 0 Å². The molecule has 0 aliphatic heterocycles. The number of aromatic nitrogens is 1. The maximum absolute atomic E-state index is 12.0. The van der Waals surface area contributed by atoms with E-state index in [4.69, 9.17) is 0 Å². The van der Waals surface area contributed by atoms with Gasteiger partial charge in [-0.3, -0.25) is 4.72 Å². The van der Waals surface area contributed by atoms with E-state index >= 15 is 0 Å². The summed E-state index contributed by atoms with van der Waals surface area (Å²) in [5, 5.41) is 0. The Labute approximate surface area is 116 Å². The Balaban J connectivity index is 2.01. The zero-order valence-electron chi connectivity index (χ0n) is 10.1. The molecular formula is C12H17BrN2O2S.